The van der Waals surface area contributed by atoms with Crippen LogP contribution in [-0.2, 0) is 0 Å². The molecule has 0 aromatic heterocycles. The normalized spacial score (nSPS) is 27.6. The molecule has 1 heteroatoms. The summed E-state index contributed by atoms with van der Waals surface area (Å²) in [7, 11) is 0. The van der Waals surface area contributed by atoms with E-state index in [1.807, 2.05) is 0 Å². The highest BCUT2D eigenvalue weighted by atomic mass is 14.9. The first kappa shape index (κ1) is 17.0. The number of hydrogen-bond acceptors (Lipinski definition) is 1. The van der Waals surface area contributed by atoms with Crippen LogP contribution in [0.2, 0.25) is 0 Å². The van der Waals surface area contributed by atoms with Gasteiger partial charge < -0.3 is 5.32 Å². The van der Waals surface area contributed by atoms with Gasteiger partial charge in [0.15, 0.2) is 0 Å². The topological polar surface area (TPSA) is 12.0 Å². The highest BCUT2D eigenvalue weighted by Crippen LogP contribution is 2.35. The second-order valence-electron chi connectivity index (χ2n) is 6.59. The molecule has 0 heterocycles. The molecular formula is C18H37N. The molecule has 0 aromatic carbocycles. The first-order chi connectivity index (χ1) is 9.31. The third kappa shape index (κ3) is 6.79. The summed E-state index contributed by atoms with van der Waals surface area (Å²) in [6, 6.07) is 0.823. The summed E-state index contributed by atoms with van der Waals surface area (Å²) in [5.41, 5.74) is 0. The summed E-state index contributed by atoms with van der Waals surface area (Å²) in [5.74, 6) is 1.99. The average molecular weight is 268 g/mol. The van der Waals surface area contributed by atoms with Crippen LogP contribution in [0.25, 0.3) is 0 Å². The third-order valence-electron chi connectivity index (χ3n) is 4.93. The predicted molar refractivity (Wildman–Crippen MR) is 86.6 cm³/mol. The van der Waals surface area contributed by atoms with E-state index in [9.17, 15) is 0 Å². The summed E-state index contributed by atoms with van der Waals surface area (Å²) in [6.07, 6.45) is 15.9. The van der Waals surface area contributed by atoms with Crippen LogP contribution in [0.5, 0.6) is 0 Å². The summed E-state index contributed by atoms with van der Waals surface area (Å²) < 4.78 is 0. The fraction of sp³-hybridized carbons (Fsp3) is 1.00. The Morgan fingerprint density at radius 2 is 1.63 bits per heavy atom. The molecule has 1 N–H and O–H groups in total. The highest BCUT2D eigenvalue weighted by Gasteiger charge is 2.28. The standard InChI is InChI=1S/C18H37N/c1-4-7-8-9-10-12-17-15-16(11-5-2)13-14-18(17)19-6-3/h16-19H,4-15H2,1-3H3. The van der Waals surface area contributed by atoms with Crippen molar-refractivity contribution in [2.45, 2.75) is 97.4 Å². The zero-order valence-corrected chi connectivity index (χ0v) is 13.7. The Balaban J connectivity index is 2.29. The Morgan fingerprint density at radius 1 is 0.842 bits per heavy atom. The highest BCUT2D eigenvalue weighted by molar-refractivity contribution is 4.84. The molecule has 1 fully saturated rings. The zero-order valence-electron chi connectivity index (χ0n) is 13.7. The minimum atomic E-state index is 0.823. The van der Waals surface area contributed by atoms with E-state index in [1.54, 1.807) is 0 Å². The van der Waals surface area contributed by atoms with Crippen molar-refractivity contribution >= 4 is 0 Å². The first-order valence-electron chi connectivity index (χ1n) is 9.05. The van der Waals surface area contributed by atoms with E-state index in [0.29, 0.717) is 0 Å². The predicted octanol–water partition coefficient (Wildman–Crippen LogP) is 5.54. The van der Waals surface area contributed by atoms with Crippen LogP contribution in [-0.4, -0.2) is 12.6 Å². The van der Waals surface area contributed by atoms with Crippen molar-refractivity contribution < 1.29 is 0 Å². The van der Waals surface area contributed by atoms with Gasteiger partial charge in [-0.05, 0) is 44.1 Å². The van der Waals surface area contributed by atoms with Crippen LogP contribution >= 0.6 is 0 Å². The van der Waals surface area contributed by atoms with Crippen molar-refractivity contribution in [3.63, 3.8) is 0 Å². The van der Waals surface area contributed by atoms with E-state index >= 15 is 0 Å². The molecule has 3 atom stereocenters. The van der Waals surface area contributed by atoms with Gasteiger partial charge in [-0.25, -0.2) is 0 Å². The number of unbranched alkanes of at least 4 members (excludes halogenated alkanes) is 4. The molecule has 0 radical (unpaired) electrons. The van der Waals surface area contributed by atoms with E-state index in [1.165, 1.54) is 70.6 Å². The molecule has 0 saturated heterocycles. The molecule has 0 aliphatic heterocycles. The minimum Gasteiger partial charge on any atom is -0.314 e. The van der Waals surface area contributed by atoms with Gasteiger partial charge in [-0.1, -0.05) is 65.7 Å². The van der Waals surface area contributed by atoms with Gasteiger partial charge in [0.05, 0.1) is 0 Å². The largest absolute Gasteiger partial charge is 0.314 e. The van der Waals surface area contributed by atoms with Gasteiger partial charge in [-0.2, -0.15) is 0 Å². The molecule has 1 nitrogen and oxygen atoms in total. The maximum absolute atomic E-state index is 3.75. The second kappa shape index (κ2) is 10.7. The van der Waals surface area contributed by atoms with Crippen LogP contribution in [0.3, 0.4) is 0 Å². The van der Waals surface area contributed by atoms with Crippen molar-refractivity contribution in [2.24, 2.45) is 11.8 Å². The summed E-state index contributed by atoms with van der Waals surface area (Å²) in [4.78, 5) is 0. The Morgan fingerprint density at radius 3 is 2.32 bits per heavy atom. The summed E-state index contributed by atoms with van der Waals surface area (Å²) in [6.45, 7) is 8.06. The van der Waals surface area contributed by atoms with E-state index in [4.69, 9.17) is 0 Å². The van der Waals surface area contributed by atoms with Crippen LogP contribution in [0.4, 0.5) is 0 Å². The summed E-state index contributed by atoms with van der Waals surface area (Å²) in [5, 5.41) is 3.75. The van der Waals surface area contributed by atoms with Crippen molar-refractivity contribution in [2.75, 3.05) is 6.54 Å². The van der Waals surface area contributed by atoms with E-state index < -0.39 is 0 Å². The molecular weight excluding hydrogens is 230 g/mol. The van der Waals surface area contributed by atoms with Gasteiger partial charge in [0.25, 0.3) is 0 Å². The van der Waals surface area contributed by atoms with E-state index in [-0.39, 0.29) is 0 Å². The second-order valence-corrected chi connectivity index (χ2v) is 6.59. The Labute approximate surface area is 121 Å². The van der Waals surface area contributed by atoms with Gasteiger partial charge in [0.2, 0.25) is 0 Å². The Hall–Kier alpha value is -0.0400. The molecule has 114 valence electrons. The molecule has 1 aliphatic carbocycles. The van der Waals surface area contributed by atoms with Gasteiger partial charge in [0, 0.05) is 6.04 Å². The molecule has 1 rings (SSSR count). The fourth-order valence-electron chi connectivity index (χ4n) is 3.89. The molecule has 19 heavy (non-hydrogen) atoms. The quantitative estimate of drug-likeness (QED) is 0.512. The lowest BCUT2D eigenvalue weighted by Crippen LogP contribution is -2.40. The monoisotopic (exact) mass is 267 g/mol. The van der Waals surface area contributed by atoms with Crippen molar-refractivity contribution in [1.29, 1.82) is 0 Å². The molecule has 3 unspecified atom stereocenters. The average Bonchev–Trinajstić information content (AvgIpc) is 2.42. The fourth-order valence-corrected chi connectivity index (χ4v) is 3.89. The van der Waals surface area contributed by atoms with Crippen LogP contribution in [0, 0.1) is 11.8 Å². The van der Waals surface area contributed by atoms with Gasteiger partial charge in [0.1, 0.15) is 0 Å². The van der Waals surface area contributed by atoms with E-state index in [2.05, 4.69) is 26.1 Å². The van der Waals surface area contributed by atoms with Gasteiger partial charge >= 0.3 is 0 Å². The van der Waals surface area contributed by atoms with Crippen molar-refractivity contribution in [3.05, 3.63) is 0 Å². The third-order valence-corrected chi connectivity index (χ3v) is 4.93. The van der Waals surface area contributed by atoms with E-state index in [0.717, 1.165) is 24.4 Å². The van der Waals surface area contributed by atoms with Crippen LogP contribution < -0.4 is 5.32 Å². The van der Waals surface area contributed by atoms with Crippen LogP contribution in [0.15, 0.2) is 0 Å². The molecule has 1 saturated carbocycles. The van der Waals surface area contributed by atoms with Crippen molar-refractivity contribution in [3.8, 4) is 0 Å². The molecule has 0 aromatic rings. The van der Waals surface area contributed by atoms with Crippen LogP contribution in [0.1, 0.15) is 91.4 Å². The molecule has 1 aliphatic rings. The minimum absolute atomic E-state index is 0.823. The van der Waals surface area contributed by atoms with Gasteiger partial charge in [-0.3, -0.25) is 0 Å². The summed E-state index contributed by atoms with van der Waals surface area (Å²) >= 11 is 0. The molecule has 0 spiro atoms. The van der Waals surface area contributed by atoms with Gasteiger partial charge in [-0.15, -0.1) is 0 Å². The Bertz CT molecular complexity index is 202. The lowest BCUT2D eigenvalue weighted by molar-refractivity contribution is 0.183. The maximum atomic E-state index is 3.75. The number of rotatable bonds is 10. The molecule has 0 bridgehead atoms. The maximum Gasteiger partial charge on any atom is 0.00954 e. The smallest absolute Gasteiger partial charge is 0.00954 e. The lowest BCUT2D eigenvalue weighted by Gasteiger charge is -2.37. The van der Waals surface area contributed by atoms with Crippen molar-refractivity contribution in [1.82, 2.24) is 5.32 Å². The Kier molecular flexibility index (Phi) is 9.59. The first-order valence-corrected chi connectivity index (χ1v) is 9.05. The number of nitrogens with one attached hydrogen (secondary N) is 1. The SMILES string of the molecule is CCCCCCCC1CC(CCC)CCC1NCC. The zero-order chi connectivity index (χ0) is 13.9. The molecule has 0 amide bonds. The number of hydrogen-bond donors (Lipinski definition) is 1. The lowest BCUT2D eigenvalue weighted by atomic mass is 9.74.